The van der Waals surface area contributed by atoms with Crippen LogP contribution in [0.25, 0.3) is 11.0 Å². The summed E-state index contributed by atoms with van der Waals surface area (Å²) in [5.41, 5.74) is 1.70. The van der Waals surface area contributed by atoms with E-state index in [2.05, 4.69) is 14.5 Å². The molecule has 1 aromatic carbocycles. The number of hydrogen-bond donors (Lipinski definition) is 0. The molecule has 0 saturated carbocycles. The Kier molecular flexibility index (Phi) is 3.26. The Hall–Kier alpha value is -2.57. The molecular weight excluding hydrogens is 317 g/mol. The molecule has 0 aliphatic carbocycles. The van der Waals surface area contributed by atoms with Gasteiger partial charge in [-0.2, -0.15) is 13.2 Å². The van der Waals surface area contributed by atoms with Gasteiger partial charge in [0.15, 0.2) is 0 Å². The summed E-state index contributed by atoms with van der Waals surface area (Å²) in [7, 11) is 0. The second kappa shape index (κ2) is 5.22. The highest BCUT2D eigenvalue weighted by Crippen LogP contribution is 2.34. The van der Waals surface area contributed by atoms with Crippen LogP contribution in [0.2, 0.25) is 0 Å². The van der Waals surface area contributed by atoms with Crippen LogP contribution >= 0.6 is 0 Å². The van der Waals surface area contributed by atoms with Gasteiger partial charge in [0.2, 0.25) is 0 Å². The van der Waals surface area contributed by atoms with Crippen LogP contribution in [0.15, 0.2) is 42.6 Å². The minimum absolute atomic E-state index is 0.208. The zero-order chi connectivity index (χ0) is 16.9. The topological polar surface area (TPSA) is 34.0 Å². The molecule has 1 aliphatic rings. The molecule has 1 fully saturated rings. The van der Waals surface area contributed by atoms with Crippen molar-refractivity contribution in [2.24, 2.45) is 0 Å². The maximum atomic E-state index is 12.8. The third-order valence-electron chi connectivity index (χ3n) is 4.40. The van der Waals surface area contributed by atoms with Crippen molar-refractivity contribution >= 4 is 16.7 Å². The fourth-order valence-corrected chi connectivity index (χ4v) is 3.23. The van der Waals surface area contributed by atoms with Crippen molar-refractivity contribution in [3.05, 3.63) is 54.1 Å². The van der Waals surface area contributed by atoms with Gasteiger partial charge in [0.1, 0.15) is 11.5 Å². The van der Waals surface area contributed by atoms with Crippen LogP contribution in [-0.4, -0.2) is 27.6 Å². The number of fused-ring (bicyclic) bond motifs is 1. The number of nitrogens with zero attached hydrogens (tertiary/aromatic N) is 4. The molecule has 3 heterocycles. The van der Waals surface area contributed by atoms with Crippen molar-refractivity contribution in [1.82, 2.24) is 14.5 Å². The zero-order valence-corrected chi connectivity index (χ0v) is 13.0. The Morgan fingerprint density at radius 2 is 1.88 bits per heavy atom. The van der Waals surface area contributed by atoms with E-state index >= 15 is 0 Å². The lowest BCUT2D eigenvalue weighted by Gasteiger charge is -2.42. The number of imidazole rings is 1. The molecule has 0 bridgehead atoms. The minimum Gasteiger partial charge on any atom is -0.367 e. The van der Waals surface area contributed by atoms with Gasteiger partial charge in [-0.05, 0) is 31.2 Å². The monoisotopic (exact) mass is 332 g/mol. The Balaban J connectivity index is 1.57. The fourth-order valence-electron chi connectivity index (χ4n) is 3.23. The maximum Gasteiger partial charge on any atom is 0.433 e. The van der Waals surface area contributed by atoms with Gasteiger partial charge in [-0.25, -0.2) is 4.98 Å². The second-order valence-electron chi connectivity index (χ2n) is 5.97. The standard InChI is InChI=1S/C17H15F3N4/c1-11-22-14-4-2-3-5-15(14)24(11)13-9-23(10-13)12-6-7-21-16(8-12)17(18,19)20/h2-8,13H,9-10H2,1H3. The van der Waals surface area contributed by atoms with Gasteiger partial charge < -0.3 is 9.47 Å². The van der Waals surface area contributed by atoms with Gasteiger partial charge in [-0.15, -0.1) is 0 Å². The van der Waals surface area contributed by atoms with Crippen LogP contribution in [-0.2, 0) is 6.18 Å². The number of anilines is 1. The molecule has 7 heteroatoms. The molecule has 0 amide bonds. The van der Waals surface area contributed by atoms with Crippen LogP contribution in [0.4, 0.5) is 18.9 Å². The average molecular weight is 332 g/mol. The first-order valence-corrected chi connectivity index (χ1v) is 7.65. The fraction of sp³-hybridized carbons (Fsp3) is 0.294. The van der Waals surface area contributed by atoms with E-state index in [4.69, 9.17) is 0 Å². The first-order chi connectivity index (χ1) is 11.4. The third-order valence-corrected chi connectivity index (χ3v) is 4.40. The predicted molar refractivity (Wildman–Crippen MR) is 85.0 cm³/mol. The Morgan fingerprint density at radius 1 is 1.12 bits per heavy atom. The summed E-state index contributed by atoms with van der Waals surface area (Å²) in [6.07, 6.45) is -3.21. The molecule has 2 aromatic heterocycles. The van der Waals surface area contributed by atoms with Crippen LogP contribution in [0.3, 0.4) is 0 Å². The first-order valence-electron chi connectivity index (χ1n) is 7.65. The van der Waals surface area contributed by atoms with Crippen LogP contribution in [0, 0.1) is 6.92 Å². The minimum atomic E-state index is -4.42. The van der Waals surface area contributed by atoms with Crippen LogP contribution in [0.5, 0.6) is 0 Å². The molecule has 1 aliphatic heterocycles. The van der Waals surface area contributed by atoms with E-state index in [-0.39, 0.29) is 6.04 Å². The van der Waals surface area contributed by atoms with Crippen molar-refractivity contribution in [1.29, 1.82) is 0 Å². The lowest BCUT2D eigenvalue weighted by Crippen LogP contribution is -2.48. The van der Waals surface area contributed by atoms with E-state index < -0.39 is 11.9 Å². The van der Waals surface area contributed by atoms with Gasteiger partial charge in [0, 0.05) is 25.0 Å². The summed E-state index contributed by atoms with van der Waals surface area (Å²) in [4.78, 5) is 9.88. The highest BCUT2D eigenvalue weighted by molar-refractivity contribution is 5.76. The van der Waals surface area contributed by atoms with E-state index in [1.54, 1.807) is 6.07 Å². The number of aryl methyl sites for hydroxylation is 1. The third kappa shape index (κ3) is 2.40. The molecule has 0 spiro atoms. The molecule has 0 N–H and O–H groups in total. The van der Waals surface area contributed by atoms with Gasteiger partial charge in [-0.3, -0.25) is 4.98 Å². The highest BCUT2D eigenvalue weighted by Gasteiger charge is 2.35. The molecule has 1 saturated heterocycles. The van der Waals surface area contributed by atoms with Crippen molar-refractivity contribution in [2.45, 2.75) is 19.1 Å². The number of rotatable bonds is 2. The number of alkyl halides is 3. The molecule has 0 radical (unpaired) electrons. The number of benzene rings is 1. The van der Waals surface area contributed by atoms with Gasteiger partial charge in [-0.1, -0.05) is 12.1 Å². The average Bonchev–Trinajstić information content (AvgIpc) is 2.82. The molecule has 4 nitrogen and oxygen atoms in total. The normalized spacial score (nSPS) is 15.8. The summed E-state index contributed by atoms with van der Waals surface area (Å²) in [5.74, 6) is 0.923. The number of para-hydroxylation sites is 2. The Morgan fingerprint density at radius 3 is 2.62 bits per heavy atom. The summed E-state index contributed by atoms with van der Waals surface area (Å²) in [6, 6.07) is 10.8. The predicted octanol–water partition coefficient (Wildman–Crippen LogP) is 3.82. The molecule has 0 unspecified atom stereocenters. The van der Waals surface area contributed by atoms with Crippen molar-refractivity contribution in [3.8, 4) is 0 Å². The van der Waals surface area contributed by atoms with Gasteiger partial charge >= 0.3 is 6.18 Å². The second-order valence-corrected chi connectivity index (χ2v) is 5.97. The molecule has 4 rings (SSSR count). The summed E-state index contributed by atoms with van der Waals surface area (Å²) in [5, 5.41) is 0. The van der Waals surface area contributed by atoms with Crippen molar-refractivity contribution in [3.63, 3.8) is 0 Å². The zero-order valence-electron chi connectivity index (χ0n) is 13.0. The number of halogens is 3. The molecule has 24 heavy (non-hydrogen) atoms. The lowest BCUT2D eigenvalue weighted by atomic mass is 10.1. The lowest BCUT2D eigenvalue weighted by molar-refractivity contribution is -0.141. The molecule has 0 atom stereocenters. The summed E-state index contributed by atoms with van der Waals surface area (Å²) < 4.78 is 40.5. The van der Waals surface area contributed by atoms with Crippen molar-refractivity contribution < 1.29 is 13.2 Å². The number of aromatic nitrogens is 3. The quantitative estimate of drug-likeness (QED) is 0.715. The maximum absolute atomic E-state index is 12.8. The van der Waals surface area contributed by atoms with Gasteiger partial charge in [0.05, 0.1) is 17.1 Å². The van der Waals surface area contributed by atoms with Crippen LogP contribution in [0.1, 0.15) is 17.6 Å². The molecule has 3 aromatic rings. The van der Waals surface area contributed by atoms with E-state index in [9.17, 15) is 13.2 Å². The van der Waals surface area contributed by atoms with Gasteiger partial charge in [0.25, 0.3) is 0 Å². The largest absolute Gasteiger partial charge is 0.433 e. The van der Waals surface area contributed by atoms with Crippen molar-refractivity contribution in [2.75, 3.05) is 18.0 Å². The molecule has 124 valence electrons. The summed E-state index contributed by atoms with van der Waals surface area (Å²) in [6.45, 7) is 3.27. The van der Waals surface area contributed by atoms with Crippen LogP contribution < -0.4 is 4.90 Å². The van der Waals surface area contributed by atoms with E-state index in [1.807, 2.05) is 36.1 Å². The number of hydrogen-bond acceptors (Lipinski definition) is 3. The SMILES string of the molecule is Cc1nc2ccccc2n1C1CN(c2ccnc(C(F)(F)F)c2)C1. The first kappa shape index (κ1) is 15.0. The Labute approximate surface area is 136 Å². The number of pyridine rings is 1. The van der Waals surface area contributed by atoms with E-state index in [0.29, 0.717) is 18.8 Å². The smallest absolute Gasteiger partial charge is 0.367 e. The van der Waals surface area contributed by atoms with E-state index in [0.717, 1.165) is 22.9 Å². The molecular formula is C17H15F3N4. The van der Waals surface area contributed by atoms with E-state index in [1.165, 1.54) is 6.20 Å². The highest BCUT2D eigenvalue weighted by atomic mass is 19.4. The Bertz CT molecular complexity index is 894. The summed E-state index contributed by atoms with van der Waals surface area (Å²) >= 11 is 0.